The van der Waals surface area contributed by atoms with Gasteiger partial charge in [-0.2, -0.15) is 0 Å². The number of nitrogens with two attached hydrogens (primary N) is 1. The Morgan fingerprint density at radius 3 is 2.52 bits per heavy atom. The molecule has 1 amide bonds. The van der Waals surface area contributed by atoms with E-state index in [4.69, 9.17) is 5.73 Å². The summed E-state index contributed by atoms with van der Waals surface area (Å²) < 4.78 is 1.56. The Kier molecular flexibility index (Phi) is 5.80. The van der Waals surface area contributed by atoms with Crippen LogP contribution in [0.15, 0.2) is 30.6 Å². The Hall–Kier alpha value is -1.99. The van der Waals surface area contributed by atoms with Crippen molar-refractivity contribution in [2.45, 2.75) is 25.8 Å². The van der Waals surface area contributed by atoms with Crippen molar-refractivity contribution in [1.29, 1.82) is 0 Å². The van der Waals surface area contributed by atoms with E-state index in [1.165, 1.54) is 6.33 Å². The normalized spacial score (nSPS) is 10.8. The first-order valence-corrected chi connectivity index (χ1v) is 6.33. The van der Waals surface area contributed by atoms with Gasteiger partial charge in [0.05, 0.1) is 12.1 Å². The lowest BCUT2D eigenvalue weighted by Gasteiger charge is -2.24. The van der Waals surface area contributed by atoms with Gasteiger partial charge in [0.1, 0.15) is 6.33 Å². The number of tetrazole rings is 1. The Morgan fingerprint density at radius 1 is 1.33 bits per heavy atom. The van der Waals surface area contributed by atoms with Crippen LogP contribution in [0.25, 0.3) is 5.69 Å². The van der Waals surface area contributed by atoms with Crippen molar-refractivity contribution in [2.24, 2.45) is 5.73 Å². The molecule has 0 fully saturated rings. The molecule has 2 rings (SSSR count). The number of benzene rings is 1. The van der Waals surface area contributed by atoms with E-state index >= 15 is 0 Å². The summed E-state index contributed by atoms with van der Waals surface area (Å²) in [6.45, 7) is 4.19. The van der Waals surface area contributed by atoms with Crippen molar-refractivity contribution >= 4 is 18.3 Å². The number of halogens is 1. The molecule has 0 aliphatic heterocycles. The number of carbonyl (C=O) groups excluding carboxylic acids is 1. The lowest BCUT2D eigenvalue weighted by Crippen LogP contribution is -2.49. The molecule has 0 saturated heterocycles. The molecule has 0 spiro atoms. The van der Waals surface area contributed by atoms with Crippen LogP contribution in [0.2, 0.25) is 0 Å². The van der Waals surface area contributed by atoms with E-state index in [-0.39, 0.29) is 23.9 Å². The van der Waals surface area contributed by atoms with Crippen LogP contribution >= 0.6 is 12.4 Å². The molecule has 0 saturated carbocycles. The second kappa shape index (κ2) is 7.14. The van der Waals surface area contributed by atoms with E-state index in [0.29, 0.717) is 13.0 Å². The van der Waals surface area contributed by atoms with Crippen molar-refractivity contribution in [3.05, 3.63) is 36.2 Å². The van der Waals surface area contributed by atoms with Gasteiger partial charge in [-0.25, -0.2) is 4.68 Å². The predicted molar refractivity (Wildman–Crippen MR) is 81.4 cm³/mol. The molecule has 0 bridgehead atoms. The third-order valence-corrected chi connectivity index (χ3v) is 2.90. The summed E-state index contributed by atoms with van der Waals surface area (Å²) in [5.41, 5.74) is 6.97. The molecule has 0 aliphatic rings. The van der Waals surface area contributed by atoms with E-state index < -0.39 is 0 Å². The minimum absolute atomic E-state index is 0. The molecular formula is C13H19ClN6O. The van der Waals surface area contributed by atoms with Crippen molar-refractivity contribution in [1.82, 2.24) is 25.5 Å². The van der Waals surface area contributed by atoms with Crippen molar-refractivity contribution in [2.75, 3.05) is 6.54 Å². The summed E-state index contributed by atoms with van der Waals surface area (Å²) in [4.78, 5) is 11.9. The van der Waals surface area contributed by atoms with Gasteiger partial charge in [-0.1, -0.05) is 12.1 Å². The average molecular weight is 311 g/mol. The Balaban J connectivity index is 0.00000220. The van der Waals surface area contributed by atoms with Gasteiger partial charge >= 0.3 is 0 Å². The molecule has 0 atom stereocenters. The fourth-order valence-corrected chi connectivity index (χ4v) is 1.70. The number of nitrogens with zero attached hydrogens (tertiary/aromatic N) is 4. The van der Waals surface area contributed by atoms with E-state index in [1.807, 2.05) is 38.1 Å². The minimum Gasteiger partial charge on any atom is -0.350 e. The van der Waals surface area contributed by atoms with Gasteiger partial charge in [0.2, 0.25) is 5.91 Å². The zero-order chi connectivity index (χ0) is 14.6. The van der Waals surface area contributed by atoms with Crippen molar-refractivity contribution in [3.63, 3.8) is 0 Å². The maximum Gasteiger partial charge on any atom is 0.224 e. The van der Waals surface area contributed by atoms with E-state index in [0.717, 1.165) is 11.3 Å². The minimum atomic E-state index is -0.385. The fraction of sp³-hybridized carbons (Fsp3) is 0.385. The quantitative estimate of drug-likeness (QED) is 0.837. The molecule has 8 heteroatoms. The van der Waals surface area contributed by atoms with Gasteiger partial charge in [0, 0.05) is 12.1 Å². The second-order valence-electron chi connectivity index (χ2n) is 5.23. The van der Waals surface area contributed by atoms with Crippen LogP contribution in [0, 0.1) is 0 Å². The maximum absolute atomic E-state index is 11.9. The van der Waals surface area contributed by atoms with Gasteiger partial charge in [0.25, 0.3) is 0 Å². The number of hydrogen-bond donors (Lipinski definition) is 2. The first kappa shape index (κ1) is 17.1. The number of carbonyl (C=O) groups is 1. The van der Waals surface area contributed by atoms with Crippen LogP contribution in [-0.2, 0) is 11.2 Å². The fourth-order valence-electron chi connectivity index (χ4n) is 1.70. The maximum atomic E-state index is 11.9. The molecule has 1 heterocycles. The van der Waals surface area contributed by atoms with Gasteiger partial charge in [0.15, 0.2) is 0 Å². The summed E-state index contributed by atoms with van der Waals surface area (Å²) >= 11 is 0. The lowest BCUT2D eigenvalue weighted by atomic mass is 10.0. The molecule has 0 radical (unpaired) electrons. The monoisotopic (exact) mass is 310 g/mol. The number of amides is 1. The van der Waals surface area contributed by atoms with Crippen LogP contribution in [0.4, 0.5) is 0 Å². The van der Waals surface area contributed by atoms with Crippen LogP contribution in [0.5, 0.6) is 0 Å². The van der Waals surface area contributed by atoms with Crippen LogP contribution in [0.3, 0.4) is 0 Å². The zero-order valence-corrected chi connectivity index (χ0v) is 12.8. The smallest absolute Gasteiger partial charge is 0.224 e. The summed E-state index contributed by atoms with van der Waals surface area (Å²) in [5, 5.41) is 13.8. The topological polar surface area (TPSA) is 98.7 Å². The molecular weight excluding hydrogens is 292 g/mol. The SMILES string of the molecule is CC(C)(CN)NC(=O)Cc1ccc(-n2cnnn2)cc1.Cl. The summed E-state index contributed by atoms with van der Waals surface area (Å²) in [5.74, 6) is -0.0457. The van der Waals surface area contributed by atoms with E-state index in [9.17, 15) is 4.79 Å². The van der Waals surface area contributed by atoms with Crippen LogP contribution in [-0.4, -0.2) is 38.2 Å². The summed E-state index contributed by atoms with van der Waals surface area (Å²) in [7, 11) is 0. The number of nitrogens with one attached hydrogen (secondary N) is 1. The van der Waals surface area contributed by atoms with Gasteiger partial charge in [-0.3, -0.25) is 4.79 Å². The van der Waals surface area contributed by atoms with E-state index in [2.05, 4.69) is 20.8 Å². The van der Waals surface area contributed by atoms with Gasteiger partial charge in [-0.15, -0.1) is 17.5 Å². The molecule has 7 nitrogen and oxygen atoms in total. The molecule has 0 aliphatic carbocycles. The standard InChI is InChI=1S/C13H18N6O.ClH/c1-13(2,8-14)16-12(20)7-10-3-5-11(6-4-10)19-9-15-17-18-19;/h3-6,9H,7-8,14H2,1-2H3,(H,16,20);1H. The Morgan fingerprint density at radius 2 is 2.00 bits per heavy atom. The highest BCUT2D eigenvalue weighted by Crippen LogP contribution is 2.09. The molecule has 2 aromatic rings. The number of aromatic nitrogens is 4. The molecule has 3 N–H and O–H groups in total. The molecule has 1 aromatic heterocycles. The highest BCUT2D eigenvalue weighted by Gasteiger charge is 2.18. The van der Waals surface area contributed by atoms with Crippen LogP contribution in [0.1, 0.15) is 19.4 Å². The third-order valence-electron chi connectivity index (χ3n) is 2.90. The van der Waals surface area contributed by atoms with Crippen molar-refractivity contribution < 1.29 is 4.79 Å². The second-order valence-corrected chi connectivity index (χ2v) is 5.23. The number of hydrogen-bond acceptors (Lipinski definition) is 5. The lowest BCUT2D eigenvalue weighted by molar-refractivity contribution is -0.121. The van der Waals surface area contributed by atoms with Gasteiger partial charge < -0.3 is 11.1 Å². The number of rotatable bonds is 5. The largest absolute Gasteiger partial charge is 0.350 e. The molecule has 1 aromatic carbocycles. The molecule has 21 heavy (non-hydrogen) atoms. The summed E-state index contributed by atoms with van der Waals surface area (Å²) in [6, 6.07) is 7.50. The zero-order valence-electron chi connectivity index (χ0n) is 12.0. The molecule has 0 unspecified atom stereocenters. The highest BCUT2D eigenvalue weighted by atomic mass is 35.5. The third kappa shape index (κ3) is 4.80. The Labute approximate surface area is 129 Å². The first-order chi connectivity index (χ1) is 9.50. The Bertz CT molecular complexity index is 567. The molecule has 114 valence electrons. The predicted octanol–water partition coefficient (Wildman–Crippen LogP) is 0.480. The van der Waals surface area contributed by atoms with Crippen molar-refractivity contribution in [3.8, 4) is 5.69 Å². The van der Waals surface area contributed by atoms with Crippen LogP contribution < -0.4 is 11.1 Å². The van der Waals surface area contributed by atoms with Gasteiger partial charge in [-0.05, 0) is 42.0 Å². The summed E-state index contributed by atoms with van der Waals surface area (Å²) in [6.07, 6.45) is 1.84. The average Bonchev–Trinajstić information content (AvgIpc) is 2.93. The first-order valence-electron chi connectivity index (χ1n) is 6.33. The highest BCUT2D eigenvalue weighted by molar-refractivity contribution is 5.85. The van der Waals surface area contributed by atoms with E-state index in [1.54, 1.807) is 4.68 Å².